The van der Waals surface area contributed by atoms with Crippen molar-refractivity contribution in [3.8, 4) is 0 Å². The molecule has 0 bridgehead atoms. The molecule has 2 rings (SSSR count). The van der Waals surface area contributed by atoms with Gasteiger partial charge in [-0.05, 0) is 18.6 Å². The van der Waals surface area contributed by atoms with Crippen LogP contribution in [-0.2, 0) is 10.9 Å². The molecule has 24 heavy (non-hydrogen) atoms. The largest absolute Gasteiger partial charge is 0.416 e. The SMILES string of the molecule is COCCN1CCN(CC(C)=Cc2ccccc2C(F)(F)F)CC1. The van der Waals surface area contributed by atoms with Crippen LogP contribution in [0.5, 0.6) is 0 Å². The van der Waals surface area contributed by atoms with Gasteiger partial charge in [0, 0.05) is 46.4 Å². The van der Waals surface area contributed by atoms with Crippen molar-refractivity contribution in [3.05, 3.63) is 41.0 Å². The van der Waals surface area contributed by atoms with Gasteiger partial charge >= 0.3 is 6.18 Å². The first kappa shape index (κ1) is 19.0. The predicted molar refractivity (Wildman–Crippen MR) is 89.9 cm³/mol. The molecule has 1 fully saturated rings. The molecule has 1 aromatic carbocycles. The molecule has 0 unspecified atom stereocenters. The Kier molecular flexibility index (Phi) is 6.83. The molecule has 0 saturated carbocycles. The van der Waals surface area contributed by atoms with E-state index in [-0.39, 0.29) is 5.56 Å². The maximum Gasteiger partial charge on any atom is 0.416 e. The minimum atomic E-state index is -4.32. The maximum atomic E-state index is 13.0. The van der Waals surface area contributed by atoms with Crippen LogP contribution in [-0.4, -0.2) is 62.8 Å². The Hall–Kier alpha value is -1.37. The second-order valence-corrected chi connectivity index (χ2v) is 6.19. The lowest BCUT2D eigenvalue weighted by Gasteiger charge is -2.34. The van der Waals surface area contributed by atoms with E-state index < -0.39 is 11.7 Å². The Labute approximate surface area is 141 Å². The van der Waals surface area contributed by atoms with Crippen molar-refractivity contribution in [2.24, 2.45) is 0 Å². The van der Waals surface area contributed by atoms with Crippen LogP contribution >= 0.6 is 0 Å². The van der Waals surface area contributed by atoms with Crippen molar-refractivity contribution >= 4 is 6.08 Å². The van der Waals surface area contributed by atoms with Gasteiger partial charge in [0.25, 0.3) is 0 Å². The van der Waals surface area contributed by atoms with E-state index in [4.69, 9.17) is 4.74 Å². The van der Waals surface area contributed by atoms with E-state index in [1.165, 1.54) is 12.1 Å². The number of piperazine rings is 1. The number of halogens is 3. The van der Waals surface area contributed by atoms with Crippen LogP contribution in [0, 0.1) is 0 Å². The summed E-state index contributed by atoms with van der Waals surface area (Å²) < 4.78 is 44.2. The van der Waals surface area contributed by atoms with Gasteiger partial charge in [0.2, 0.25) is 0 Å². The lowest BCUT2D eigenvalue weighted by atomic mass is 10.0. The molecule has 6 heteroatoms. The molecule has 0 aliphatic carbocycles. The molecule has 134 valence electrons. The van der Waals surface area contributed by atoms with E-state index in [1.807, 2.05) is 6.92 Å². The highest BCUT2D eigenvalue weighted by molar-refractivity contribution is 5.57. The van der Waals surface area contributed by atoms with Crippen molar-refractivity contribution in [3.63, 3.8) is 0 Å². The van der Waals surface area contributed by atoms with Crippen molar-refractivity contribution < 1.29 is 17.9 Å². The van der Waals surface area contributed by atoms with Crippen LogP contribution in [0.15, 0.2) is 29.8 Å². The third-order valence-corrected chi connectivity index (χ3v) is 4.22. The Balaban J connectivity index is 1.94. The summed E-state index contributed by atoms with van der Waals surface area (Å²) in [5, 5.41) is 0. The second-order valence-electron chi connectivity index (χ2n) is 6.19. The number of benzene rings is 1. The average Bonchev–Trinajstić information content (AvgIpc) is 2.53. The van der Waals surface area contributed by atoms with Crippen LogP contribution in [0.1, 0.15) is 18.1 Å². The van der Waals surface area contributed by atoms with Crippen LogP contribution in [0.2, 0.25) is 0 Å². The molecule has 0 N–H and O–H groups in total. The lowest BCUT2D eigenvalue weighted by molar-refractivity contribution is -0.137. The van der Waals surface area contributed by atoms with Crippen molar-refractivity contribution in [1.29, 1.82) is 0 Å². The zero-order valence-corrected chi connectivity index (χ0v) is 14.3. The zero-order valence-electron chi connectivity index (χ0n) is 14.3. The molecule has 0 aromatic heterocycles. The van der Waals surface area contributed by atoms with Crippen LogP contribution in [0.4, 0.5) is 13.2 Å². The summed E-state index contributed by atoms with van der Waals surface area (Å²) in [6, 6.07) is 5.72. The van der Waals surface area contributed by atoms with E-state index in [2.05, 4.69) is 9.80 Å². The summed E-state index contributed by atoms with van der Waals surface area (Å²) in [7, 11) is 1.70. The Morgan fingerprint density at radius 2 is 1.75 bits per heavy atom. The first-order valence-electron chi connectivity index (χ1n) is 8.17. The second kappa shape index (κ2) is 8.65. The van der Waals surface area contributed by atoms with Gasteiger partial charge in [0.1, 0.15) is 0 Å². The van der Waals surface area contributed by atoms with Crippen LogP contribution in [0.25, 0.3) is 6.08 Å². The summed E-state index contributed by atoms with van der Waals surface area (Å²) in [6.45, 7) is 8.04. The molecule has 1 aliphatic heterocycles. The number of alkyl halides is 3. The van der Waals surface area contributed by atoms with Crippen molar-refractivity contribution in [2.45, 2.75) is 13.1 Å². The summed E-state index contributed by atoms with van der Waals surface area (Å²) >= 11 is 0. The molecule has 1 aromatic rings. The fourth-order valence-corrected chi connectivity index (χ4v) is 2.94. The van der Waals surface area contributed by atoms with Gasteiger partial charge in [-0.15, -0.1) is 0 Å². The van der Waals surface area contributed by atoms with E-state index >= 15 is 0 Å². The van der Waals surface area contributed by atoms with Crippen LogP contribution < -0.4 is 0 Å². The van der Waals surface area contributed by atoms with Gasteiger partial charge in [-0.3, -0.25) is 9.80 Å². The Morgan fingerprint density at radius 1 is 1.12 bits per heavy atom. The van der Waals surface area contributed by atoms with Gasteiger partial charge in [-0.25, -0.2) is 0 Å². The van der Waals surface area contributed by atoms with E-state index in [1.54, 1.807) is 19.3 Å². The third kappa shape index (κ3) is 5.61. The van der Waals surface area contributed by atoms with Gasteiger partial charge in [-0.1, -0.05) is 29.8 Å². The number of ether oxygens (including phenoxy) is 1. The van der Waals surface area contributed by atoms with Crippen LogP contribution in [0.3, 0.4) is 0 Å². The fraction of sp³-hybridized carbons (Fsp3) is 0.556. The summed E-state index contributed by atoms with van der Waals surface area (Å²) in [4.78, 5) is 4.63. The molecule has 3 nitrogen and oxygen atoms in total. The molecular weight excluding hydrogens is 317 g/mol. The standard InChI is InChI=1S/C18H25F3N2O/c1-15(13-16-5-3-4-6-17(16)18(19,20)21)14-23-9-7-22(8-10-23)11-12-24-2/h3-6,13H,7-12,14H2,1-2H3. The molecule has 0 amide bonds. The average molecular weight is 342 g/mol. The molecule has 0 atom stereocenters. The highest BCUT2D eigenvalue weighted by Gasteiger charge is 2.32. The van der Waals surface area contributed by atoms with E-state index in [0.717, 1.165) is 51.0 Å². The summed E-state index contributed by atoms with van der Waals surface area (Å²) in [6.07, 6.45) is -2.67. The van der Waals surface area contributed by atoms with Crippen molar-refractivity contribution in [1.82, 2.24) is 9.80 Å². The first-order valence-corrected chi connectivity index (χ1v) is 8.17. The highest BCUT2D eigenvalue weighted by atomic mass is 19.4. The number of rotatable bonds is 6. The normalized spacial score (nSPS) is 18.1. The molecule has 1 saturated heterocycles. The number of hydrogen-bond acceptors (Lipinski definition) is 3. The monoisotopic (exact) mass is 342 g/mol. The summed E-state index contributed by atoms with van der Waals surface area (Å²) in [5.41, 5.74) is 0.604. The van der Waals surface area contributed by atoms with Gasteiger partial charge < -0.3 is 4.74 Å². The van der Waals surface area contributed by atoms with E-state index in [0.29, 0.717) is 6.54 Å². The smallest absolute Gasteiger partial charge is 0.383 e. The minimum absolute atomic E-state index is 0.237. The van der Waals surface area contributed by atoms with E-state index in [9.17, 15) is 13.2 Å². The molecule has 1 aliphatic rings. The maximum absolute atomic E-state index is 13.0. The fourth-order valence-electron chi connectivity index (χ4n) is 2.94. The van der Waals surface area contributed by atoms with Gasteiger partial charge in [0.15, 0.2) is 0 Å². The summed E-state index contributed by atoms with van der Waals surface area (Å²) in [5.74, 6) is 0. The zero-order chi connectivity index (χ0) is 17.6. The Morgan fingerprint density at radius 3 is 2.38 bits per heavy atom. The molecule has 0 radical (unpaired) electrons. The topological polar surface area (TPSA) is 15.7 Å². The number of hydrogen-bond donors (Lipinski definition) is 0. The van der Waals surface area contributed by atoms with Gasteiger partial charge in [0.05, 0.1) is 12.2 Å². The Bertz CT molecular complexity index is 549. The molecule has 0 spiro atoms. The first-order chi connectivity index (χ1) is 11.4. The lowest BCUT2D eigenvalue weighted by Crippen LogP contribution is -2.47. The van der Waals surface area contributed by atoms with Gasteiger partial charge in [-0.2, -0.15) is 13.2 Å². The molecule has 1 heterocycles. The number of nitrogens with zero attached hydrogens (tertiary/aromatic N) is 2. The number of methoxy groups -OCH3 is 1. The predicted octanol–water partition coefficient (Wildman–Crippen LogP) is 3.37. The van der Waals surface area contributed by atoms with Crippen molar-refractivity contribution in [2.75, 3.05) is 53.0 Å². The minimum Gasteiger partial charge on any atom is -0.383 e. The quantitative estimate of drug-likeness (QED) is 0.788. The molecular formula is C18H25F3N2O. The third-order valence-electron chi connectivity index (χ3n) is 4.22. The highest BCUT2D eigenvalue weighted by Crippen LogP contribution is 2.32.